The van der Waals surface area contributed by atoms with Crippen LogP contribution < -0.4 is 4.90 Å². The van der Waals surface area contributed by atoms with Crippen LogP contribution in [-0.4, -0.2) is 17.0 Å². The largest absolute Gasteiger partial charge is 0.369 e. The second kappa shape index (κ2) is 4.73. The van der Waals surface area contributed by atoms with Crippen molar-refractivity contribution in [3.8, 4) is 6.07 Å². The van der Waals surface area contributed by atoms with Gasteiger partial charge in [-0.15, -0.1) is 11.3 Å². The van der Waals surface area contributed by atoms with Crippen LogP contribution in [0.3, 0.4) is 0 Å². The fourth-order valence-electron chi connectivity index (χ4n) is 1.37. The number of aromatic nitrogens is 2. The molecule has 0 atom stereocenters. The van der Waals surface area contributed by atoms with E-state index in [-0.39, 0.29) is 0 Å². The van der Waals surface area contributed by atoms with Crippen LogP contribution in [0.2, 0.25) is 0 Å². The van der Waals surface area contributed by atoms with Gasteiger partial charge < -0.3 is 4.90 Å². The van der Waals surface area contributed by atoms with E-state index in [1.807, 2.05) is 35.0 Å². The topological polar surface area (TPSA) is 52.8 Å². The van der Waals surface area contributed by atoms with Gasteiger partial charge in [0.15, 0.2) is 0 Å². The molecule has 2 aromatic rings. The van der Waals surface area contributed by atoms with Gasteiger partial charge in [-0.3, -0.25) is 0 Å². The molecule has 0 aliphatic carbocycles. The average Bonchev–Trinajstić information content (AvgIpc) is 2.82. The predicted molar refractivity (Wildman–Crippen MR) is 63.2 cm³/mol. The molecule has 0 saturated carbocycles. The van der Waals surface area contributed by atoms with E-state index in [9.17, 15) is 0 Å². The van der Waals surface area contributed by atoms with Gasteiger partial charge in [-0.1, -0.05) is 0 Å². The van der Waals surface area contributed by atoms with Crippen LogP contribution in [0.15, 0.2) is 29.2 Å². The molecule has 0 amide bonds. The van der Waals surface area contributed by atoms with Crippen molar-refractivity contribution in [1.82, 2.24) is 9.97 Å². The van der Waals surface area contributed by atoms with E-state index < -0.39 is 0 Å². The molecule has 0 aliphatic heterocycles. The summed E-state index contributed by atoms with van der Waals surface area (Å²) in [4.78, 5) is 10.2. The van der Waals surface area contributed by atoms with Crippen LogP contribution in [0.25, 0.3) is 0 Å². The molecule has 16 heavy (non-hydrogen) atoms. The van der Waals surface area contributed by atoms with Crippen LogP contribution in [0.5, 0.6) is 0 Å². The number of thiazole rings is 1. The lowest BCUT2D eigenvalue weighted by atomic mass is 10.3. The summed E-state index contributed by atoms with van der Waals surface area (Å²) in [5.41, 5.74) is 4.25. The van der Waals surface area contributed by atoms with Crippen molar-refractivity contribution in [1.29, 1.82) is 5.26 Å². The highest BCUT2D eigenvalue weighted by Crippen LogP contribution is 2.15. The van der Waals surface area contributed by atoms with Gasteiger partial charge >= 0.3 is 0 Å². The lowest BCUT2D eigenvalue weighted by Gasteiger charge is -2.17. The minimum Gasteiger partial charge on any atom is -0.369 e. The van der Waals surface area contributed by atoms with Gasteiger partial charge in [0.25, 0.3) is 0 Å². The van der Waals surface area contributed by atoms with Gasteiger partial charge in [-0.2, -0.15) is 5.26 Å². The molecular formula is C11H10N4S. The summed E-state index contributed by atoms with van der Waals surface area (Å²) >= 11 is 1.58. The Morgan fingerprint density at radius 3 is 3.06 bits per heavy atom. The third-order valence-corrected chi connectivity index (χ3v) is 2.82. The highest BCUT2D eigenvalue weighted by atomic mass is 32.1. The second-order valence-corrected chi connectivity index (χ2v) is 4.07. The summed E-state index contributed by atoms with van der Waals surface area (Å²) in [5, 5.41) is 10.8. The number of rotatable bonds is 3. The number of anilines is 1. The van der Waals surface area contributed by atoms with Crippen LogP contribution in [0.1, 0.15) is 11.4 Å². The minimum absolute atomic E-state index is 0.433. The Morgan fingerprint density at radius 1 is 1.50 bits per heavy atom. The van der Waals surface area contributed by atoms with Crippen LogP contribution in [0.4, 0.5) is 5.69 Å². The molecule has 0 bridgehead atoms. The fraction of sp³-hybridized carbons (Fsp3) is 0.182. The Balaban J connectivity index is 2.15. The summed E-state index contributed by atoms with van der Waals surface area (Å²) in [7, 11) is 1.97. The van der Waals surface area contributed by atoms with Gasteiger partial charge in [0.1, 0.15) is 11.8 Å². The highest BCUT2D eigenvalue weighted by Gasteiger charge is 2.04. The van der Waals surface area contributed by atoms with Gasteiger partial charge in [-0.25, -0.2) is 9.97 Å². The van der Waals surface area contributed by atoms with E-state index in [4.69, 9.17) is 5.26 Å². The lowest BCUT2D eigenvalue weighted by molar-refractivity contribution is 0.892. The molecule has 2 rings (SSSR count). The smallest absolute Gasteiger partial charge is 0.142 e. The number of nitrogens with zero attached hydrogens (tertiary/aromatic N) is 4. The molecule has 0 unspecified atom stereocenters. The Labute approximate surface area is 97.8 Å². The van der Waals surface area contributed by atoms with Gasteiger partial charge in [-0.05, 0) is 12.1 Å². The van der Waals surface area contributed by atoms with Gasteiger partial charge in [0, 0.05) is 24.3 Å². The molecule has 2 aromatic heterocycles. The third kappa shape index (κ3) is 2.35. The van der Waals surface area contributed by atoms with Crippen LogP contribution >= 0.6 is 11.3 Å². The summed E-state index contributed by atoms with van der Waals surface area (Å²) in [6.45, 7) is 0.735. The van der Waals surface area contributed by atoms with Crippen LogP contribution in [-0.2, 0) is 6.54 Å². The predicted octanol–water partition coefficient (Wildman–Crippen LogP) is 2.05. The molecular weight excluding hydrogens is 220 g/mol. The van der Waals surface area contributed by atoms with Crippen molar-refractivity contribution in [2.45, 2.75) is 6.54 Å². The highest BCUT2D eigenvalue weighted by molar-refractivity contribution is 7.07. The van der Waals surface area contributed by atoms with Crippen molar-refractivity contribution in [3.05, 3.63) is 40.6 Å². The fourth-order valence-corrected chi connectivity index (χ4v) is 1.92. The van der Waals surface area contributed by atoms with E-state index in [1.54, 1.807) is 23.6 Å². The standard InChI is InChI=1S/C11H10N4S/c1-15(6-10-7-16-8-14-10)11-2-3-13-9(4-11)5-12/h2-4,7-8H,6H2,1H3. The zero-order valence-corrected chi connectivity index (χ0v) is 9.61. The first-order valence-corrected chi connectivity index (χ1v) is 5.68. The minimum atomic E-state index is 0.433. The van der Waals surface area contributed by atoms with Crippen molar-refractivity contribution in [2.24, 2.45) is 0 Å². The second-order valence-electron chi connectivity index (χ2n) is 3.35. The molecule has 5 heteroatoms. The molecule has 0 fully saturated rings. The normalized spacial score (nSPS) is 9.75. The van der Waals surface area contributed by atoms with E-state index in [0.29, 0.717) is 5.69 Å². The summed E-state index contributed by atoms with van der Waals surface area (Å²) in [5.74, 6) is 0. The monoisotopic (exact) mass is 230 g/mol. The molecule has 0 N–H and O–H groups in total. The van der Waals surface area contributed by atoms with Crippen molar-refractivity contribution in [2.75, 3.05) is 11.9 Å². The maximum absolute atomic E-state index is 8.76. The maximum Gasteiger partial charge on any atom is 0.142 e. The zero-order valence-electron chi connectivity index (χ0n) is 8.79. The van der Waals surface area contributed by atoms with Crippen LogP contribution in [0, 0.1) is 11.3 Å². The summed E-state index contributed by atoms with van der Waals surface area (Å²) in [6, 6.07) is 5.68. The van der Waals surface area contributed by atoms with Gasteiger partial charge in [0.05, 0.1) is 17.7 Å². The maximum atomic E-state index is 8.76. The first-order chi connectivity index (χ1) is 7.79. The third-order valence-electron chi connectivity index (χ3n) is 2.18. The quantitative estimate of drug-likeness (QED) is 0.809. The molecule has 0 aromatic carbocycles. The zero-order chi connectivity index (χ0) is 11.4. The number of pyridine rings is 1. The molecule has 2 heterocycles. The molecule has 0 saturated heterocycles. The summed E-state index contributed by atoms with van der Waals surface area (Å²) < 4.78 is 0. The van der Waals surface area contributed by atoms with E-state index in [2.05, 4.69) is 9.97 Å². The van der Waals surface area contributed by atoms with Gasteiger partial charge in [0.2, 0.25) is 0 Å². The first kappa shape index (κ1) is 10.6. The molecule has 80 valence electrons. The average molecular weight is 230 g/mol. The molecule has 4 nitrogen and oxygen atoms in total. The number of hydrogen-bond acceptors (Lipinski definition) is 5. The number of nitriles is 1. The van der Waals surface area contributed by atoms with Crippen molar-refractivity contribution < 1.29 is 0 Å². The molecule has 0 radical (unpaired) electrons. The van der Waals surface area contributed by atoms with E-state index >= 15 is 0 Å². The Morgan fingerprint density at radius 2 is 2.38 bits per heavy atom. The number of hydrogen-bond donors (Lipinski definition) is 0. The first-order valence-electron chi connectivity index (χ1n) is 4.74. The molecule has 0 aliphatic rings. The Hall–Kier alpha value is -1.93. The summed E-state index contributed by atoms with van der Waals surface area (Å²) in [6.07, 6.45) is 1.64. The van der Waals surface area contributed by atoms with E-state index in [0.717, 1.165) is 17.9 Å². The molecule has 0 spiro atoms. The Bertz CT molecular complexity index is 501. The van der Waals surface area contributed by atoms with Crippen molar-refractivity contribution >= 4 is 17.0 Å². The Kier molecular flexibility index (Phi) is 3.13. The van der Waals surface area contributed by atoms with E-state index in [1.165, 1.54) is 0 Å². The van der Waals surface area contributed by atoms with Crippen molar-refractivity contribution in [3.63, 3.8) is 0 Å². The lowest BCUT2D eigenvalue weighted by Crippen LogP contribution is -2.16. The SMILES string of the molecule is CN(Cc1cscn1)c1ccnc(C#N)c1.